The summed E-state index contributed by atoms with van der Waals surface area (Å²) in [6, 6.07) is 2.96. The number of carbonyl (C=O) groups is 1. The van der Waals surface area contributed by atoms with Gasteiger partial charge in [0.1, 0.15) is 11.6 Å². The van der Waals surface area contributed by atoms with Gasteiger partial charge in [0.25, 0.3) is 0 Å². The molecule has 1 N–H and O–H groups in total. The van der Waals surface area contributed by atoms with Gasteiger partial charge in [-0.3, -0.25) is 4.79 Å². The van der Waals surface area contributed by atoms with Gasteiger partial charge in [-0.25, -0.2) is 8.78 Å². The number of ether oxygens (including phenoxy) is 1. The Bertz CT molecular complexity index is 424. The third-order valence-electron chi connectivity index (χ3n) is 2.83. The second-order valence-corrected chi connectivity index (χ2v) is 4.29. The number of methoxy groups -OCH3 is 1. The van der Waals surface area contributed by atoms with Crippen LogP contribution in [0.2, 0.25) is 0 Å². The van der Waals surface area contributed by atoms with Gasteiger partial charge in [-0.1, -0.05) is 13.0 Å². The molecule has 0 heterocycles. The van der Waals surface area contributed by atoms with Gasteiger partial charge >= 0.3 is 0 Å². The fourth-order valence-electron chi connectivity index (χ4n) is 1.83. The largest absolute Gasteiger partial charge is 0.385 e. The van der Waals surface area contributed by atoms with Crippen LogP contribution in [0.1, 0.15) is 37.8 Å². The number of halogens is 2. The molecular weight excluding hydrogens is 252 g/mol. The summed E-state index contributed by atoms with van der Waals surface area (Å²) in [6.45, 7) is 2.35. The lowest BCUT2D eigenvalue weighted by Crippen LogP contribution is -2.28. The molecule has 5 heteroatoms. The number of hydrogen-bond donors (Lipinski definition) is 1. The Morgan fingerprint density at radius 2 is 2.16 bits per heavy atom. The van der Waals surface area contributed by atoms with Gasteiger partial charge in [-0.05, 0) is 18.9 Å². The number of amides is 1. The van der Waals surface area contributed by atoms with E-state index >= 15 is 0 Å². The highest BCUT2D eigenvalue weighted by atomic mass is 19.1. The van der Waals surface area contributed by atoms with Crippen molar-refractivity contribution in [1.29, 1.82) is 0 Å². The van der Waals surface area contributed by atoms with Crippen LogP contribution in [0, 0.1) is 11.6 Å². The van der Waals surface area contributed by atoms with Gasteiger partial charge in [-0.15, -0.1) is 0 Å². The van der Waals surface area contributed by atoms with Crippen LogP contribution in [0.25, 0.3) is 0 Å². The van der Waals surface area contributed by atoms with Crippen molar-refractivity contribution < 1.29 is 18.3 Å². The van der Waals surface area contributed by atoms with Crippen molar-refractivity contribution in [2.75, 3.05) is 13.7 Å². The Balaban J connectivity index is 2.64. The third-order valence-corrected chi connectivity index (χ3v) is 2.83. The molecule has 0 spiro atoms. The van der Waals surface area contributed by atoms with Crippen LogP contribution in [0.4, 0.5) is 8.78 Å². The van der Waals surface area contributed by atoms with E-state index in [0.717, 1.165) is 6.07 Å². The van der Waals surface area contributed by atoms with E-state index in [9.17, 15) is 13.6 Å². The van der Waals surface area contributed by atoms with Crippen LogP contribution in [0.5, 0.6) is 0 Å². The van der Waals surface area contributed by atoms with Gasteiger partial charge in [0.05, 0.1) is 6.04 Å². The van der Waals surface area contributed by atoms with Gasteiger partial charge < -0.3 is 10.1 Å². The molecule has 0 bridgehead atoms. The Hall–Kier alpha value is -1.49. The van der Waals surface area contributed by atoms with Crippen LogP contribution in [0.3, 0.4) is 0 Å². The minimum atomic E-state index is -0.635. The van der Waals surface area contributed by atoms with Crippen molar-refractivity contribution in [3.63, 3.8) is 0 Å². The third kappa shape index (κ3) is 4.95. The number of hydrogen-bond acceptors (Lipinski definition) is 2. The highest BCUT2D eigenvalue weighted by Gasteiger charge is 2.16. The molecule has 1 rings (SSSR count). The first kappa shape index (κ1) is 15.6. The molecule has 1 aromatic rings. The maximum atomic E-state index is 13.6. The Labute approximate surface area is 112 Å². The lowest BCUT2D eigenvalue weighted by atomic mass is 10.0. The first-order valence-corrected chi connectivity index (χ1v) is 6.31. The van der Waals surface area contributed by atoms with Crippen molar-refractivity contribution in [1.82, 2.24) is 5.32 Å². The summed E-state index contributed by atoms with van der Waals surface area (Å²) in [6.07, 6.45) is 1.48. The molecule has 1 amide bonds. The molecule has 106 valence electrons. The minimum absolute atomic E-state index is 0.160. The Morgan fingerprint density at radius 1 is 1.42 bits per heavy atom. The normalized spacial score (nSPS) is 12.2. The van der Waals surface area contributed by atoms with Crippen LogP contribution in [-0.4, -0.2) is 19.6 Å². The molecule has 0 aliphatic heterocycles. The van der Waals surface area contributed by atoms with Gasteiger partial charge in [0, 0.05) is 31.8 Å². The van der Waals surface area contributed by atoms with Crippen LogP contribution >= 0.6 is 0 Å². The van der Waals surface area contributed by atoms with Gasteiger partial charge in [0.2, 0.25) is 5.91 Å². The molecule has 0 aromatic heterocycles. The molecule has 19 heavy (non-hydrogen) atoms. The molecule has 0 aliphatic rings. The van der Waals surface area contributed by atoms with Gasteiger partial charge in [-0.2, -0.15) is 0 Å². The van der Waals surface area contributed by atoms with Crippen LogP contribution in [0.15, 0.2) is 18.2 Å². The van der Waals surface area contributed by atoms with Crippen LogP contribution < -0.4 is 5.32 Å². The Morgan fingerprint density at radius 3 is 2.74 bits per heavy atom. The van der Waals surface area contributed by atoms with E-state index in [4.69, 9.17) is 4.74 Å². The first-order valence-electron chi connectivity index (χ1n) is 6.31. The van der Waals surface area contributed by atoms with E-state index in [-0.39, 0.29) is 5.91 Å². The summed E-state index contributed by atoms with van der Waals surface area (Å²) in [4.78, 5) is 11.7. The average molecular weight is 271 g/mol. The molecule has 3 nitrogen and oxygen atoms in total. The summed E-state index contributed by atoms with van der Waals surface area (Å²) >= 11 is 0. The second kappa shape index (κ2) is 7.84. The van der Waals surface area contributed by atoms with Crippen LogP contribution in [-0.2, 0) is 9.53 Å². The molecule has 0 aliphatic carbocycles. The smallest absolute Gasteiger partial charge is 0.220 e. The standard InChI is InChI=1S/C14H19F2NO2/c1-3-13(17-14(18)5-4-8-19-2)11-7-6-10(15)9-12(11)16/h6-7,9,13H,3-5,8H2,1-2H3,(H,17,18)/t13-/m0/s1. The summed E-state index contributed by atoms with van der Waals surface area (Å²) in [7, 11) is 1.57. The zero-order valence-electron chi connectivity index (χ0n) is 11.2. The highest BCUT2D eigenvalue weighted by Crippen LogP contribution is 2.21. The van der Waals surface area contributed by atoms with E-state index in [0.29, 0.717) is 31.4 Å². The fourth-order valence-corrected chi connectivity index (χ4v) is 1.83. The second-order valence-electron chi connectivity index (χ2n) is 4.29. The van der Waals surface area contributed by atoms with E-state index in [1.807, 2.05) is 6.92 Å². The van der Waals surface area contributed by atoms with Crippen molar-refractivity contribution >= 4 is 5.91 Å². The van der Waals surface area contributed by atoms with Gasteiger partial charge in [0.15, 0.2) is 0 Å². The van der Waals surface area contributed by atoms with Crippen molar-refractivity contribution in [2.45, 2.75) is 32.2 Å². The monoisotopic (exact) mass is 271 g/mol. The van der Waals surface area contributed by atoms with Crippen molar-refractivity contribution in [2.24, 2.45) is 0 Å². The lowest BCUT2D eigenvalue weighted by molar-refractivity contribution is -0.122. The van der Waals surface area contributed by atoms with Crippen molar-refractivity contribution in [3.8, 4) is 0 Å². The first-order chi connectivity index (χ1) is 9.08. The van der Waals surface area contributed by atoms with E-state index in [1.165, 1.54) is 12.1 Å². The van der Waals surface area contributed by atoms with E-state index < -0.39 is 17.7 Å². The molecule has 1 atom stereocenters. The lowest BCUT2D eigenvalue weighted by Gasteiger charge is -2.18. The predicted molar refractivity (Wildman–Crippen MR) is 68.6 cm³/mol. The van der Waals surface area contributed by atoms with E-state index in [1.54, 1.807) is 7.11 Å². The van der Waals surface area contributed by atoms with Crippen molar-refractivity contribution in [3.05, 3.63) is 35.4 Å². The minimum Gasteiger partial charge on any atom is -0.385 e. The maximum Gasteiger partial charge on any atom is 0.220 e. The molecular formula is C14H19F2NO2. The van der Waals surface area contributed by atoms with E-state index in [2.05, 4.69) is 5.32 Å². The molecule has 0 fully saturated rings. The molecule has 0 radical (unpaired) electrons. The number of benzene rings is 1. The zero-order chi connectivity index (χ0) is 14.3. The predicted octanol–water partition coefficient (Wildman–Crippen LogP) is 2.96. The molecule has 0 unspecified atom stereocenters. The number of nitrogens with one attached hydrogen (secondary N) is 1. The topological polar surface area (TPSA) is 38.3 Å². The zero-order valence-corrected chi connectivity index (χ0v) is 11.2. The fraction of sp³-hybridized carbons (Fsp3) is 0.500. The number of rotatable bonds is 7. The molecule has 0 saturated heterocycles. The SMILES string of the molecule is CC[C@H](NC(=O)CCCOC)c1ccc(F)cc1F. The maximum absolute atomic E-state index is 13.6. The molecule has 1 aromatic carbocycles. The Kier molecular flexibility index (Phi) is 6.42. The number of carbonyl (C=O) groups excluding carboxylic acids is 1. The summed E-state index contributed by atoms with van der Waals surface area (Å²) < 4.78 is 31.3. The summed E-state index contributed by atoms with van der Waals surface area (Å²) in [5.41, 5.74) is 0.309. The summed E-state index contributed by atoms with van der Waals surface area (Å²) in [5.74, 6) is -1.42. The summed E-state index contributed by atoms with van der Waals surface area (Å²) in [5, 5.41) is 2.75. The quantitative estimate of drug-likeness (QED) is 0.774. The molecule has 0 saturated carbocycles. The highest BCUT2D eigenvalue weighted by molar-refractivity contribution is 5.76. The average Bonchev–Trinajstić information content (AvgIpc) is 2.37.